The molecule has 0 saturated carbocycles. The molecule has 11 N–H and O–H groups in total. The van der Waals surface area contributed by atoms with E-state index < -0.39 is 77.6 Å². The number of unbranched alkanes of at least 4 members (excludes halogenated alkanes) is 1. The van der Waals surface area contributed by atoms with Crippen LogP contribution < -0.4 is 43.8 Å². The first-order chi connectivity index (χ1) is 24.1. The summed E-state index contributed by atoms with van der Waals surface area (Å²) in [6.45, 7) is 9.25. The van der Waals surface area contributed by atoms with Gasteiger partial charge in [0.25, 0.3) is 0 Å². The highest BCUT2D eigenvalue weighted by atomic mass is 32.1. The Hall–Kier alpha value is -4.34. The van der Waals surface area contributed by atoms with Gasteiger partial charge in [0.05, 0.1) is 6.04 Å². The Kier molecular flexibility index (Phi) is 18.3. The lowest BCUT2D eigenvalue weighted by Crippen LogP contribution is -2.61. The molecule has 2 aromatic rings. The molecule has 1 aromatic heterocycles. The second kappa shape index (κ2) is 21.8. The maximum absolute atomic E-state index is 13.9. The monoisotopic (exact) mass is 728 g/mol. The predicted molar refractivity (Wildman–Crippen MR) is 198 cm³/mol. The van der Waals surface area contributed by atoms with Crippen LogP contribution in [0.2, 0.25) is 0 Å². The molecule has 0 unspecified atom stereocenters. The van der Waals surface area contributed by atoms with E-state index in [1.54, 1.807) is 38.1 Å². The van der Waals surface area contributed by atoms with Crippen LogP contribution in [0.4, 0.5) is 0 Å². The summed E-state index contributed by atoms with van der Waals surface area (Å²) in [6, 6.07) is 6.61. The highest BCUT2D eigenvalue weighted by Crippen LogP contribution is 2.14. The fraction of sp³-hybridized carbons (Fsp3) is 0.556. The molecule has 0 aliphatic rings. The van der Waals surface area contributed by atoms with Crippen LogP contribution in [0.25, 0.3) is 0 Å². The van der Waals surface area contributed by atoms with Crippen LogP contribution in [0.5, 0.6) is 0 Å². The molecule has 14 nitrogen and oxygen atoms in total. The molecule has 0 radical (unpaired) electrons. The van der Waals surface area contributed by atoms with Gasteiger partial charge in [-0.15, -0.1) is 11.3 Å². The number of hydrogen-bond donors (Lipinski definition) is 8. The summed E-state index contributed by atoms with van der Waals surface area (Å²) in [5, 5.41) is 15.5. The van der Waals surface area contributed by atoms with Crippen molar-refractivity contribution in [2.75, 3.05) is 6.54 Å². The molecule has 282 valence electrons. The molecule has 0 bridgehead atoms. The van der Waals surface area contributed by atoms with Crippen molar-refractivity contribution in [3.05, 3.63) is 58.3 Å². The molecule has 1 aromatic carbocycles. The van der Waals surface area contributed by atoms with Crippen LogP contribution in [0.1, 0.15) is 70.7 Å². The number of thiophene rings is 1. The Labute approximate surface area is 304 Å². The Morgan fingerprint density at radius 1 is 0.686 bits per heavy atom. The number of carbonyl (C=O) groups excluding carboxylic acids is 6. The topological polar surface area (TPSA) is 241 Å². The van der Waals surface area contributed by atoms with Crippen molar-refractivity contribution in [1.29, 1.82) is 0 Å². The van der Waals surface area contributed by atoms with Crippen molar-refractivity contribution in [2.24, 2.45) is 29.0 Å². The number of rotatable bonds is 22. The van der Waals surface area contributed by atoms with E-state index in [-0.39, 0.29) is 18.8 Å². The fourth-order valence-electron chi connectivity index (χ4n) is 5.23. The summed E-state index contributed by atoms with van der Waals surface area (Å²) in [5.41, 5.74) is 17.7. The maximum Gasteiger partial charge on any atom is 0.243 e. The van der Waals surface area contributed by atoms with E-state index in [2.05, 4.69) is 26.6 Å². The lowest BCUT2D eigenvalue weighted by Gasteiger charge is -2.29. The van der Waals surface area contributed by atoms with Gasteiger partial charge in [0.2, 0.25) is 35.4 Å². The molecule has 51 heavy (non-hydrogen) atoms. The molecular weight excluding hydrogens is 673 g/mol. The molecular formula is C36H56N8O6S. The normalized spacial score (nSPS) is 14.8. The van der Waals surface area contributed by atoms with Gasteiger partial charge in [-0.3, -0.25) is 28.8 Å². The second-order valence-electron chi connectivity index (χ2n) is 13.5. The summed E-state index contributed by atoms with van der Waals surface area (Å²) >= 11 is 1.40. The molecule has 0 aliphatic carbocycles. The average Bonchev–Trinajstić information content (AvgIpc) is 3.59. The van der Waals surface area contributed by atoms with Gasteiger partial charge in [0, 0.05) is 17.7 Å². The molecule has 0 aliphatic heterocycles. The standard InChI is InChI=1S/C36H56N8O6S/c1-21(2)18-27(41-32(46)26(38)15-9-10-16-37)35(49)44-30(22(3)4)36(50)43-29(20-25-14-11-17-51-25)34(48)42-28(19-24-12-7-6-8-13-24)33(47)40-23(5)31(39)45/h6-8,11-14,17,21-23,26-30H,9-10,15-16,18-20,37-38H2,1-5H3,(H2,39,45)(H,40,47)(H,41,46)(H,42,48)(H,43,50)(H,44,49)/t23-,26-,27-,28-,29-,30-/m1/s1. The zero-order chi connectivity index (χ0) is 38.1. The van der Waals surface area contributed by atoms with Gasteiger partial charge in [-0.25, -0.2) is 0 Å². The van der Waals surface area contributed by atoms with Crippen LogP contribution in [-0.4, -0.2) is 78.2 Å². The lowest BCUT2D eigenvalue weighted by molar-refractivity contribution is -0.135. The first-order valence-electron chi connectivity index (χ1n) is 17.5. The summed E-state index contributed by atoms with van der Waals surface area (Å²) < 4.78 is 0. The maximum atomic E-state index is 13.9. The van der Waals surface area contributed by atoms with Gasteiger partial charge in [0.15, 0.2) is 0 Å². The van der Waals surface area contributed by atoms with E-state index in [4.69, 9.17) is 17.2 Å². The van der Waals surface area contributed by atoms with Crippen molar-refractivity contribution in [2.45, 2.75) is 109 Å². The Morgan fingerprint density at radius 3 is 1.84 bits per heavy atom. The third-order valence-electron chi connectivity index (χ3n) is 8.21. The smallest absolute Gasteiger partial charge is 0.243 e. The minimum Gasteiger partial charge on any atom is -0.368 e. The third kappa shape index (κ3) is 15.2. The predicted octanol–water partition coefficient (Wildman–Crippen LogP) is 0.621. The molecule has 0 spiro atoms. The van der Waals surface area contributed by atoms with Crippen molar-refractivity contribution in [3.8, 4) is 0 Å². The first-order valence-corrected chi connectivity index (χ1v) is 18.3. The van der Waals surface area contributed by atoms with Gasteiger partial charge >= 0.3 is 0 Å². The average molecular weight is 729 g/mol. The highest BCUT2D eigenvalue weighted by molar-refractivity contribution is 7.09. The first kappa shape index (κ1) is 42.8. The number of primary amides is 1. The van der Waals surface area contributed by atoms with Crippen molar-refractivity contribution < 1.29 is 28.8 Å². The Bertz CT molecular complexity index is 1420. The SMILES string of the molecule is CC(C)C[C@@H](NC(=O)[C@H](N)CCCCN)C(=O)N[C@@H](C(=O)N[C@H](Cc1cccs1)C(=O)N[C@H](Cc1ccccc1)C(=O)N[C@H](C)C(N)=O)C(C)C. The van der Waals surface area contributed by atoms with E-state index >= 15 is 0 Å². The van der Waals surface area contributed by atoms with Gasteiger partial charge in [0.1, 0.15) is 30.2 Å². The minimum absolute atomic E-state index is 0.0340. The number of carbonyl (C=O) groups is 6. The van der Waals surface area contributed by atoms with Crippen LogP contribution in [0.3, 0.4) is 0 Å². The quantitative estimate of drug-likeness (QED) is 0.0798. The fourth-order valence-corrected chi connectivity index (χ4v) is 5.98. The van der Waals surface area contributed by atoms with Gasteiger partial charge < -0.3 is 43.8 Å². The summed E-state index contributed by atoms with van der Waals surface area (Å²) in [6.07, 6.45) is 2.34. The van der Waals surface area contributed by atoms with E-state index in [1.165, 1.54) is 18.3 Å². The Balaban J connectivity index is 2.29. The number of nitrogens with one attached hydrogen (secondary N) is 5. The lowest BCUT2D eigenvalue weighted by atomic mass is 9.98. The van der Waals surface area contributed by atoms with Crippen LogP contribution >= 0.6 is 11.3 Å². The van der Waals surface area contributed by atoms with Gasteiger partial charge in [-0.1, -0.05) is 70.5 Å². The number of nitrogens with two attached hydrogens (primary N) is 3. The number of benzene rings is 1. The highest BCUT2D eigenvalue weighted by Gasteiger charge is 2.34. The number of hydrogen-bond acceptors (Lipinski definition) is 9. The molecule has 6 amide bonds. The zero-order valence-corrected chi connectivity index (χ0v) is 31.1. The molecule has 0 saturated heterocycles. The largest absolute Gasteiger partial charge is 0.368 e. The third-order valence-corrected chi connectivity index (χ3v) is 9.11. The Morgan fingerprint density at radius 2 is 1.27 bits per heavy atom. The van der Waals surface area contributed by atoms with Gasteiger partial charge in [-0.05, 0) is 61.6 Å². The van der Waals surface area contributed by atoms with Crippen LogP contribution in [0.15, 0.2) is 47.8 Å². The molecule has 2 rings (SSSR count). The van der Waals surface area contributed by atoms with Crippen molar-refractivity contribution in [1.82, 2.24) is 26.6 Å². The van der Waals surface area contributed by atoms with Crippen molar-refractivity contribution >= 4 is 46.8 Å². The van der Waals surface area contributed by atoms with E-state index in [9.17, 15) is 28.8 Å². The van der Waals surface area contributed by atoms with Crippen LogP contribution in [0, 0.1) is 11.8 Å². The minimum atomic E-state index is -1.13. The summed E-state index contributed by atoms with van der Waals surface area (Å²) in [4.78, 5) is 80.0. The van der Waals surface area contributed by atoms with E-state index in [0.29, 0.717) is 25.8 Å². The van der Waals surface area contributed by atoms with Crippen LogP contribution in [-0.2, 0) is 41.6 Å². The van der Waals surface area contributed by atoms with Gasteiger partial charge in [-0.2, -0.15) is 0 Å². The second-order valence-corrected chi connectivity index (χ2v) is 14.6. The zero-order valence-electron chi connectivity index (χ0n) is 30.3. The van der Waals surface area contributed by atoms with Crippen molar-refractivity contribution in [3.63, 3.8) is 0 Å². The van der Waals surface area contributed by atoms with E-state index in [1.807, 2.05) is 37.4 Å². The molecule has 6 atom stereocenters. The van der Waals surface area contributed by atoms with E-state index in [0.717, 1.165) is 16.9 Å². The summed E-state index contributed by atoms with van der Waals surface area (Å²) in [7, 11) is 0. The number of amides is 6. The molecule has 1 heterocycles. The molecule has 15 heteroatoms. The molecule has 0 fully saturated rings. The summed E-state index contributed by atoms with van der Waals surface area (Å²) in [5.74, 6) is -4.00.